The van der Waals surface area contributed by atoms with Crippen molar-refractivity contribution in [2.45, 2.75) is 31.8 Å². The summed E-state index contributed by atoms with van der Waals surface area (Å²) in [5.74, 6) is -0.301. The number of halogens is 1. The normalized spacial score (nSPS) is 16.1. The number of nitrogens with zero attached hydrogens (tertiary/aromatic N) is 2. The van der Waals surface area contributed by atoms with Crippen molar-refractivity contribution in [1.82, 2.24) is 15.1 Å². The number of hydrogen-bond donors (Lipinski definition) is 2. The molecule has 1 saturated carbocycles. The second-order valence-corrected chi connectivity index (χ2v) is 6.12. The Hall–Kier alpha value is -1.85. The Morgan fingerprint density at radius 3 is 2.68 bits per heavy atom. The van der Waals surface area contributed by atoms with Gasteiger partial charge in [-0.05, 0) is 38.3 Å². The Labute approximate surface area is 133 Å². The first-order valence-electron chi connectivity index (χ1n) is 7.31. The third kappa shape index (κ3) is 2.74. The standard InChI is InChI=1S/C16H18ClN3O2/c1-11-13(15(21)18-10-16(22)8-5-9-16)14(17)20(19-11)12-6-3-2-4-7-12/h2-4,6-7,22H,5,8-10H2,1H3,(H,18,21). The minimum Gasteiger partial charge on any atom is -0.388 e. The summed E-state index contributed by atoms with van der Waals surface area (Å²) in [6, 6.07) is 9.41. The summed E-state index contributed by atoms with van der Waals surface area (Å²) in [5.41, 5.74) is 0.957. The van der Waals surface area contributed by atoms with Crippen molar-refractivity contribution in [3.63, 3.8) is 0 Å². The van der Waals surface area contributed by atoms with E-state index >= 15 is 0 Å². The average molecular weight is 320 g/mol. The van der Waals surface area contributed by atoms with E-state index in [1.165, 1.54) is 0 Å². The van der Waals surface area contributed by atoms with E-state index in [0.29, 0.717) is 11.3 Å². The fourth-order valence-corrected chi connectivity index (χ4v) is 2.95. The maximum atomic E-state index is 12.4. The lowest BCUT2D eigenvalue weighted by molar-refractivity contribution is -0.0300. The molecule has 1 aliphatic rings. The van der Waals surface area contributed by atoms with Crippen molar-refractivity contribution >= 4 is 17.5 Å². The van der Waals surface area contributed by atoms with Crippen LogP contribution in [0.2, 0.25) is 5.15 Å². The average Bonchev–Trinajstić information content (AvgIpc) is 2.79. The molecule has 2 N–H and O–H groups in total. The largest absolute Gasteiger partial charge is 0.388 e. The van der Waals surface area contributed by atoms with Gasteiger partial charge in [-0.15, -0.1) is 0 Å². The van der Waals surface area contributed by atoms with Gasteiger partial charge < -0.3 is 10.4 Å². The maximum absolute atomic E-state index is 12.4. The van der Waals surface area contributed by atoms with E-state index in [1.807, 2.05) is 30.3 Å². The highest BCUT2D eigenvalue weighted by Gasteiger charge is 2.35. The molecule has 1 amide bonds. The Morgan fingerprint density at radius 1 is 1.41 bits per heavy atom. The van der Waals surface area contributed by atoms with Gasteiger partial charge in [0.2, 0.25) is 0 Å². The van der Waals surface area contributed by atoms with Crippen molar-refractivity contribution in [1.29, 1.82) is 0 Å². The zero-order chi connectivity index (χ0) is 15.7. The fraction of sp³-hybridized carbons (Fsp3) is 0.375. The topological polar surface area (TPSA) is 67.2 Å². The molecule has 2 aromatic rings. The monoisotopic (exact) mass is 319 g/mol. The Kier molecular flexibility index (Phi) is 3.93. The van der Waals surface area contributed by atoms with Crippen LogP contribution in [-0.4, -0.2) is 32.9 Å². The number of para-hydroxylation sites is 1. The van der Waals surface area contributed by atoms with E-state index in [0.717, 1.165) is 24.9 Å². The van der Waals surface area contributed by atoms with Gasteiger partial charge in [-0.3, -0.25) is 4.79 Å². The highest BCUT2D eigenvalue weighted by atomic mass is 35.5. The SMILES string of the molecule is Cc1nn(-c2ccccc2)c(Cl)c1C(=O)NCC1(O)CCC1. The Balaban J connectivity index is 1.82. The smallest absolute Gasteiger partial charge is 0.256 e. The molecule has 0 aliphatic heterocycles. The molecular formula is C16H18ClN3O2. The Bertz CT molecular complexity index is 693. The second kappa shape index (κ2) is 5.74. The molecule has 1 aromatic heterocycles. The van der Waals surface area contributed by atoms with Crippen LogP contribution in [0, 0.1) is 6.92 Å². The van der Waals surface area contributed by atoms with Gasteiger partial charge in [-0.25, -0.2) is 4.68 Å². The van der Waals surface area contributed by atoms with Gasteiger partial charge in [0.1, 0.15) is 5.15 Å². The molecule has 0 spiro atoms. The molecule has 1 aromatic carbocycles. The molecule has 116 valence electrons. The van der Waals surface area contributed by atoms with Crippen LogP contribution in [0.3, 0.4) is 0 Å². The number of hydrogen-bond acceptors (Lipinski definition) is 3. The van der Waals surface area contributed by atoms with Gasteiger partial charge in [0.05, 0.1) is 22.5 Å². The van der Waals surface area contributed by atoms with Gasteiger partial charge in [0.15, 0.2) is 0 Å². The first-order chi connectivity index (χ1) is 10.5. The lowest BCUT2D eigenvalue weighted by Gasteiger charge is -2.36. The summed E-state index contributed by atoms with van der Waals surface area (Å²) in [6.07, 6.45) is 2.45. The van der Waals surface area contributed by atoms with Crippen LogP contribution < -0.4 is 5.32 Å². The van der Waals surface area contributed by atoms with E-state index in [1.54, 1.807) is 11.6 Å². The third-order valence-corrected chi connectivity index (χ3v) is 4.44. The number of carbonyl (C=O) groups is 1. The second-order valence-electron chi connectivity index (χ2n) is 5.76. The minimum absolute atomic E-state index is 0.248. The summed E-state index contributed by atoms with van der Waals surface area (Å²) in [5, 5.41) is 17.4. The predicted octanol–water partition coefficient (Wildman–Crippen LogP) is 2.48. The predicted molar refractivity (Wildman–Crippen MR) is 84.4 cm³/mol. The minimum atomic E-state index is -0.758. The lowest BCUT2D eigenvalue weighted by atomic mass is 9.80. The number of benzene rings is 1. The zero-order valence-corrected chi connectivity index (χ0v) is 13.1. The summed E-state index contributed by atoms with van der Waals surface area (Å²) >= 11 is 6.33. The first kappa shape index (κ1) is 15.1. The molecule has 3 rings (SSSR count). The molecule has 1 fully saturated rings. The summed E-state index contributed by atoms with van der Waals surface area (Å²) < 4.78 is 1.55. The molecule has 6 heteroatoms. The van der Waals surface area contributed by atoms with Crippen LogP contribution in [0.4, 0.5) is 0 Å². The van der Waals surface area contributed by atoms with Gasteiger partial charge in [-0.1, -0.05) is 29.8 Å². The fourth-order valence-electron chi connectivity index (χ4n) is 2.59. The van der Waals surface area contributed by atoms with E-state index < -0.39 is 5.60 Å². The molecule has 0 radical (unpaired) electrons. The third-order valence-electron chi connectivity index (χ3n) is 4.09. The molecule has 1 aliphatic carbocycles. The molecule has 0 saturated heterocycles. The number of amides is 1. The van der Waals surface area contributed by atoms with Gasteiger partial charge >= 0.3 is 0 Å². The van der Waals surface area contributed by atoms with Crippen LogP contribution in [0.1, 0.15) is 35.3 Å². The number of rotatable bonds is 4. The molecule has 0 atom stereocenters. The van der Waals surface area contributed by atoms with Crippen LogP contribution in [0.5, 0.6) is 0 Å². The van der Waals surface area contributed by atoms with Crippen LogP contribution in [0.25, 0.3) is 5.69 Å². The first-order valence-corrected chi connectivity index (χ1v) is 7.69. The number of carbonyl (C=O) groups excluding carboxylic acids is 1. The van der Waals surface area contributed by atoms with Gasteiger partial charge in [-0.2, -0.15) is 5.10 Å². The highest BCUT2D eigenvalue weighted by Crippen LogP contribution is 2.31. The zero-order valence-electron chi connectivity index (χ0n) is 12.3. The van der Waals surface area contributed by atoms with Gasteiger partial charge in [0, 0.05) is 6.54 Å². The molecule has 1 heterocycles. The highest BCUT2D eigenvalue weighted by molar-refractivity contribution is 6.33. The molecule has 0 unspecified atom stereocenters. The number of aliphatic hydroxyl groups is 1. The summed E-state index contributed by atoms with van der Waals surface area (Å²) in [7, 11) is 0. The summed E-state index contributed by atoms with van der Waals surface area (Å²) in [4.78, 5) is 12.4. The van der Waals surface area contributed by atoms with Crippen molar-refractivity contribution in [2.24, 2.45) is 0 Å². The van der Waals surface area contributed by atoms with Crippen molar-refractivity contribution in [3.8, 4) is 5.69 Å². The van der Waals surface area contributed by atoms with E-state index in [9.17, 15) is 9.90 Å². The summed E-state index contributed by atoms with van der Waals surface area (Å²) in [6.45, 7) is 2.00. The van der Waals surface area contributed by atoms with E-state index in [-0.39, 0.29) is 17.6 Å². The number of aromatic nitrogens is 2. The van der Waals surface area contributed by atoms with Crippen molar-refractivity contribution in [2.75, 3.05) is 6.54 Å². The molecule has 22 heavy (non-hydrogen) atoms. The van der Waals surface area contributed by atoms with Crippen molar-refractivity contribution < 1.29 is 9.90 Å². The van der Waals surface area contributed by atoms with E-state index in [4.69, 9.17) is 11.6 Å². The quantitative estimate of drug-likeness (QED) is 0.909. The lowest BCUT2D eigenvalue weighted by Crippen LogP contribution is -2.47. The van der Waals surface area contributed by atoms with Crippen LogP contribution >= 0.6 is 11.6 Å². The molecular weight excluding hydrogens is 302 g/mol. The molecule has 5 nitrogen and oxygen atoms in total. The Morgan fingerprint density at radius 2 is 2.09 bits per heavy atom. The van der Waals surface area contributed by atoms with Crippen molar-refractivity contribution in [3.05, 3.63) is 46.7 Å². The maximum Gasteiger partial charge on any atom is 0.256 e. The van der Waals surface area contributed by atoms with Gasteiger partial charge in [0.25, 0.3) is 5.91 Å². The van der Waals surface area contributed by atoms with E-state index in [2.05, 4.69) is 10.4 Å². The van der Waals surface area contributed by atoms with Crippen LogP contribution in [-0.2, 0) is 0 Å². The number of nitrogens with one attached hydrogen (secondary N) is 1. The van der Waals surface area contributed by atoms with Crippen LogP contribution in [0.15, 0.2) is 30.3 Å². The number of aryl methyl sites for hydroxylation is 1. The molecule has 0 bridgehead atoms.